The summed E-state index contributed by atoms with van der Waals surface area (Å²) in [6.45, 7) is 2.83. The SMILES string of the molecule is O=C(N[C@@H]1CCOC[C@H]1O)c1cc(N2CCCCC2)ccc1Cl. The van der Waals surface area contributed by atoms with Crippen molar-refractivity contribution in [3.63, 3.8) is 0 Å². The fourth-order valence-electron chi connectivity index (χ4n) is 3.17. The second-order valence-electron chi connectivity index (χ2n) is 6.22. The van der Waals surface area contributed by atoms with Gasteiger partial charge in [-0.1, -0.05) is 11.6 Å². The molecular weight excluding hydrogens is 316 g/mol. The van der Waals surface area contributed by atoms with E-state index in [1.165, 1.54) is 19.3 Å². The Balaban J connectivity index is 1.73. The van der Waals surface area contributed by atoms with Crippen LogP contribution in [0.5, 0.6) is 0 Å². The van der Waals surface area contributed by atoms with Gasteiger partial charge in [-0.2, -0.15) is 0 Å². The molecular formula is C17H23ClN2O3. The van der Waals surface area contributed by atoms with E-state index in [0.717, 1.165) is 18.8 Å². The zero-order valence-corrected chi connectivity index (χ0v) is 13.9. The maximum Gasteiger partial charge on any atom is 0.253 e. The first-order valence-corrected chi connectivity index (χ1v) is 8.64. The number of rotatable bonds is 3. The number of hydrogen-bond acceptors (Lipinski definition) is 4. The van der Waals surface area contributed by atoms with Crippen LogP contribution in [-0.2, 0) is 4.74 Å². The highest BCUT2D eigenvalue weighted by Gasteiger charge is 2.26. The first-order valence-electron chi connectivity index (χ1n) is 8.26. The predicted molar refractivity (Wildman–Crippen MR) is 90.2 cm³/mol. The highest BCUT2D eigenvalue weighted by molar-refractivity contribution is 6.34. The molecule has 2 fully saturated rings. The fraction of sp³-hybridized carbons (Fsp3) is 0.588. The van der Waals surface area contributed by atoms with Gasteiger partial charge in [-0.25, -0.2) is 0 Å². The van der Waals surface area contributed by atoms with Crippen molar-refractivity contribution in [3.8, 4) is 0 Å². The van der Waals surface area contributed by atoms with Crippen LogP contribution in [-0.4, -0.2) is 49.5 Å². The van der Waals surface area contributed by atoms with Crippen molar-refractivity contribution < 1.29 is 14.6 Å². The molecule has 2 aliphatic heterocycles. The number of nitrogens with one attached hydrogen (secondary N) is 1. The maximum atomic E-state index is 12.5. The van der Waals surface area contributed by atoms with Gasteiger partial charge in [0.1, 0.15) is 0 Å². The van der Waals surface area contributed by atoms with Crippen LogP contribution in [0.25, 0.3) is 0 Å². The molecule has 1 amide bonds. The molecule has 0 radical (unpaired) electrons. The van der Waals surface area contributed by atoms with Crippen LogP contribution in [0.1, 0.15) is 36.0 Å². The Bertz CT molecular complexity index is 561. The van der Waals surface area contributed by atoms with Gasteiger partial charge in [-0.3, -0.25) is 4.79 Å². The van der Waals surface area contributed by atoms with E-state index in [1.807, 2.05) is 12.1 Å². The molecule has 1 aromatic rings. The number of aliphatic hydroxyl groups is 1. The number of ether oxygens (including phenoxy) is 1. The quantitative estimate of drug-likeness (QED) is 0.887. The summed E-state index contributed by atoms with van der Waals surface area (Å²) in [7, 11) is 0. The average Bonchev–Trinajstić information content (AvgIpc) is 2.58. The Kier molecular flexibility index (Phi) is 5.41. The van der Waals surface area contributed by atoms with Crippen LogP contribution in [0, 0.1) is 0 Å². The molecule has 126 valence electrons. The van der Waals surface area contributed by atoms with Gasteiger partial charge in [0.15, 0.2) is 0 Å². The summed E-state index contributed by atoms with van der Waals surface area (Å²) in [5.41, 5.74) is 1.50. The second kappa shape index (κ2) is 7.51. The number of nitrogens with zero attached hydrogens (tertiary/aromatic N) is 1. The van der Waals surface area contributed by atoms with Crippen molar-refractivity contribution in [1.29, 1.82) is 0 Å². The Morgan fingerprint density at radius 1 is 1.30 bits per heavy atom. The van der Waals surface area contributed by atoms with Gasteiger partial charge in [0.25, 0.3) is 5.91 Å². The number of anilines is 1. The summed E-state index contributed by atoms with van der Waals surface area (Å²) in [4.78, 5) is 14.8. The van der Waals surface area contributed by atoms with E-state index < -0.39 is 6.10 Å². The number of halogens is 1. The van der Waals surface area contributed by atoms with Crippen molar-refractivity contribution >= 4 is 23.2 Å². The summed E-state index contributed by atoms with van der Waals surface area (Å²) in [6.07, 6.45) is 3.56. The first kappa shape index (κ1) is 16.6. The fourth-order valence-corrected chi connectivity index (χ4v) is 3.38. The van der Waals surface area contributed by atoms with E-state index >= 15 is 0 Å². The van der Waals surface area contributed by atoms with Gasteiger partial charge >= 0.3 is 0 Å². The number of benzene rings is 1. The molecule has 0 bridgehead atoms. The van der Waals surface area contributed by atoms with Gasteiger partial charge in [-0.05, 0) is 43.9 Å². The van der Waals surface area contributed by atoms with E-state index in [2.05, 4.69) is 10.2 Å². The Morgan fingerprint density at radius 2 is 2.09 bits per heavy atom. The predicted octanol–water partition coefficient (Wildman–Crippen LogP) is 2.21. The highest BCUT2D eigenvalue weighted by atomic mass is 35.5. The minimum atomic E-state index is -0.670. The molecule has 0 spiro atoms. The molecule has 0 aromatic heterocycles. The summed E-state index contributed by atoms with van der Waals surface area (Å²) < 4.78 is 5.19. The monoisotopic (exact) mass is 338 g/mol. The van der Waals surface area contributed by atoms with Crippen LogP contribution in [0.2, 0.25) is 5.02 Å². The minimum Gasteiger partial charge on any atom is -0.389 e. The molecule has 1 aromatic carbocycles. The van der Waals surface area contributed by atoms with Crippen LogP contribution in [0.15, 0.2) is 18.2 Å². The minimum absolute atomic E-state index is 0.236. The third-order valence-electron chi connectivity index (χ3n) is 4.56. The normalized spacial score (nSPS) is 25.2. The summed E-state index contributed by atoms with van der Waals surface area (Å²) in [5.74, 6) is -0.236. The maximum absolute atomic E-state index is 12.5. The lowest BCUT2D eigenvalue weighted by atomic mass is 10.0. The van der Waals surface area contributed by atoms with Gasteiger partial charge in [-0.15, -0.1) is 0 Å². The lowest BCUT2D eigenvalue weighted by molar-refractivity contribution is -0.0260. The van der Waals surface area contributed by atoms with Crippen LogP contribution in [0.4, 0.5) is 5.69 Å². The van der Waals surface area contributed by atoms with Gasteiger partial charge < -0.3 is 20.1 Å². The molecule has 0 saturated carbocycles. The van der Waals surface area contributed by atoms with Crippen LogP contribution < -0.4 is 10.2 Å². The third-order valence-corrected chi connectivity index (χ3v) is 4.89. The molecule has 5 nitrogen and oxygen atoms in total. The van der Waals surface area contributed by atoms with E-state index in [4.69, 9.17) is 16.3 Å². The Morgan fingerprint density at radius 3 is 2.83 bits per heavy atom. The van der Waals surface area contributed by atoms with Crippen molar-refractivity contribution in [2.75, 3.05) is 31.2 Å². The molecule has 2 saturated heterocycles. The van der Waals surface area contributed by atoms with Gasteiger partial charge in [0.2, 0.25) is 0 Å². The topological polar surface area (TPSA) is 61.8 Å². The molecule has 2 atom stereocenters. The standard InChI is InChI=1S/C17H23ClN2O3/c18-14-5-4-12(20-7-2-1-3-8-20)10-13(14)17(22)19-15-6-9-23-11-16(15)21/h4-5,10,15-16,21H,1-3,6-9,11H2,(H,19,22)/t15-,16-/m1/s1. The lowest BCUT2D eigenvalue weighted by Crippen LogP contribution is -2.48. The number of piperidine rings is 1. The van der Waals surface area contributed by atoms with Crippen molar-refractivity contribution in [1.82, 2.24) is 5.32 Å². The van der Waals surface area contributed by atoms with Crippen LogP contribution in [0.3, 0.4) is 0 Å². The number of amides is 1. The number of hydrogen-bond donors (Lipinski definition) is 2. The summed E-state index contributed by atoms with van der Waals surface area (Å²) in [6, 6.07) is 5.31. The van der Waals surface area contributed by atoms with Crippen molar-refractivity contribution in [2.45, 2.75) is 37.8 Å². The molecule has 2 aliphatic rings. The molecule has 3 rings (SSSR count). The van der Waals surface area contributed by atoms with Gasteiger partial charge in [0.05, 0.1) is 29.3 Å². The van der Waals surface area contributed by atoms with E-state index in [1.54, 1.807) is 6.07 Å². The smallest absolute Gasteiger partial charge is 0.253 e. The summed E-state index contributed by atoms with van der Waals surface area (Å²) in [5, 5.41) is 13.2. The number of carbonyl (C=O) groups is 1. The highest BCUT2D eigenvalue weighted by Crippen LogP contribution is 2.26. The number of aliphatic hydroxyl groups excluding tert-OH is 1. The van der Waals surface area contributed by atoms with Gasteiger partial charge in [0, 0.05) is 25.4 Å². The summed E-state index contributed by atoms with van der Waals surface area (Å²) >= 11 is 6.22. The van der Waals surface area contributed by atoms with E-state index in [9.17, 15) is 9.90 Å². The number of carbonyl (C=O) groups excluding carboxylic acids is 1. The van der Waals surface area contributed by atoms with E-state index in [-0.39, 0.29) is 18.6 Å². The van der Waals surface area contributed by atoms with Crippen LogP contribution >= 0.6 is 11.6 Å². The average molecular weight is 339 g/mol. The molecule has 0 unspecified atom stereocenters. The van der Waals surface area contributed by atoms with Crippen molar-refractivity contribution in [2.24, 2.45) is 0 Å². The molecule has 2 heterocycles. The Labute approximate surface area is 141 Å². The van der Waals surface area contributed by atoms with E-state index in [0.29, 0.717) is 23.6 Å². The lowest BCUT2D eigenvalue weighted by Gasteiger charge is -2.30. The second-order valence-corrected chi connectivity index (χ2v) is 6.63. The first-order chi connectivity index (χ1) is 11.1. The molecule has 2 N–H and O–H groups in total. The Hall–Kier alpha value is -1.30. The zero-order valence-electron chi connectivity index (χ0n) is 13.1. The largest absolute Gasteiger partial charge is 0.389 e. The van der Waals surface area contributed by atoms with Crippen molar-refractivity contribution in [3.05, 3.63) is 28.8 Å². The third kappa shape index (κ3) is 3.97. The molecule has 0 aliphatic carbocycles. The molecule has 6 heteroatoms. The molecule has 23 heavy (non-hydrogen) atoms. The zero-order chi connectivity index (χ0) is 16.2.